The Bertz CT molecular complexity index is 326. The van der Waals surface area contributed by atoms with E-state index in [1.807, 2.05) is 13.8 Å². The number of hydrogen-bond acceptors (Lipinski definition) is 2. The summed E-state index contributed by atoms with van der Waals surface area (Å²) in [4.78, 5) is 3.92. The summed E-state index contributed by atoms with van der Waals surface area (Å²) >= 11 is 5.74. The van der Waals surface area contributed by atoms with Gasteiger partial charge < -0.3 is 0 Å². The minimum atomic E-state index is -0.516. The molecular formula is C9H9ClN2. The Balaban J connectivity index is 3.14. The summed E-state index contributed by atoms with van der Waals surface area (Å²) in [7, 11) is 0. The maximum absolute atomic E-state index is 8.82. The molecule has 3 heteroatoms. The maximum atomic E-state index is 8.82. The van der Waals surface area contributed by atoms with Crippen molar-refractivity contribution in [1.29, 1.82) is 5.26 Å². The van der Waals surface area contributed by atoms with Crippen molar-refractivity contribution in [2.24, 2.45) is 0 Å². The van der Waals surface area contributed by atoms with E-state index in [2.05, 4.69) is 11.1 Å². The molecule has 12 heavy (non-hydrogen) atoms. The van der Waals surface area contributed by atoms with E-state index in [4.69, 9.17) is 16.9 Å². The van der Waals surface area contributed by atoms with Gasteiger partial charge in [0.25, 0.3) is 0 Å². The van der Waals surface area contributed by atoms with Gasteiger partial charge >= 0.3 is 0 Å². The Morgan fingerprint density at radius 1 is 1.50 bits per heavy atom. The van der Waals surface area contributed by atoms with Crippen molar-refractivity contribution in [2.45, 2.75) is 19.3 Å². The zero-order valence-electron chi connectivity index (χ0n) is 7.00. The maximum Gasteiger partial charge on any atom is 0.0781 e. The molecule has 0 aliphatic carbocycles. The number of pyridine rings is 1. The highest BCUT2D eigenvalue weighted by atomic mass is 35.5. The van der Waals surface area contributed by atoms with E-state index in [1.165, 1.54) is 0 Å². The fourth-order valence-corrected chi connectivity index (χ4v) is 0.992. The first-order valence-electron chi connectivity index (χ1n) is 3.58. The number of hydrogen-bond donors (Lipinski definition) is 0. The van der Waals surface area contributed by atoms with Gasteiger partial charge in [-0.05, 0) is 25.5 Å². The standard InChI is InChI=1S/C9H9ClN2/c1-9(2,6-11)7-3-8(10)5-12-4-7/h3-5H,1-2H3. The molecular weight excluding hydrogens is 172 g/mol. The first-order chi connectivity index (χ1) is 5.56. The van der Waals surface area contributed by atoms with Gasteiger partial charge in [0.2, 0.25) is 0 Å². The van der Waals surface area contributed by atoms with Crippen LogP contribution in [0.3, 0.4) is 0 Å². The molecule has 0 N–H and O–H groups in total. The van der Waals surface area contributed by atoms with Crippen LogP contribution in [0, 0.1) is 11.3 Å². The van der Waals surface area contributed by atoms with Crippen LogP contribution >= 0.6 is 11.6 Å². The highest BCUT2D eigenvalue weighted by molar-refractivity contribution is 6.30. The Kier molecular flexibility index (Phi) is 2.35. The van der Waals surface area contributed by atoms with Crippen LogP contribution < -0.4 is 0 Å². The second-order valence-electron chi connectivity index (χ2n) is 3.13. The highest BCUT2D eigenvalue weighted by Gasteiger charge is 2.19. The molecule has 0 unspecified atom stereocenters. The van der Waals surface area contributed by atoms with Gasteiger partial charge in [0.1, 0.15) is 0 Å². The number of nitriles is 1. The zero-order valence-corrected chi connectivity index (χ0v) is 7.76. The molecule has 0 aromatic carbocycles. The Morgan fingerprint density at radius 2 is 2.17 bits per heavy atom. The average molecular weight is 181 g/mol. The van der Waals surface area contributed by atoms with Crippen molar-refractivity contribution >= 4 is 11.6 Å². The molecule has 0 atom stereocenters. The minimum absolute atomic E-state index is 0.516. The van der Waals surface area contributed by atoms with Crippen molar-refractivity contribution in [1.82, 2.24) is 4.98 Å². The molecule has 0 bridgehead atoms. The largest absolute Gasteiger partial charge is 0.263 e. The lowest BCUT2D eigenvalue weighted by Gasteiger charge is -2.14. The zero-order chi connectivity index (χ0) is 9.19. The van der Waals surface area contributed by atoms with Crippen molar-refractivity contribution in [3.63, 3.8) is 0 Å². The average Bonchev–Trinajstić information content (AvgIpc) is 2.05. The summed E-state index contributed by atoms with van der Waals surface area (Å²) in [5.74, 6) is 0. The Labute approximate surface area is 76.8 Å². The summed E-state index contributed by atoms with van der Waals surface area (Å²) in [6, 6.07) is 3.95. The third-order valence-corrected chi connectivity index (χ3v) is 1.91. The van der Waals surface area contributed by atoms with Crippen LogP contribution in [0.25, 0.3) is 0 Å². The number of nitrogens with zero attached hydrogens (tertiary/aromatic N) is 2. The lowest BCUT2D eigenvalue weighted by atomic mass is 9.88. The fourth-order valence-electron chi connectivity index (χ4n) is 0.818. The van der Waals surface area contributed by atoms with E-state index in [-0.39, 0.29) is 0 Å². The lowest BCUT2D eigenvalue weighted by molar-refractivity contribution is 0.683. The van der Waals surface area contributed by atoms with Crippen LogP contribution in [-0.2, 0) is 5.41 Å². The van der Waals surface area contributed by atoms with Gasteiger partial charge in [0.15, 0.2) is 0 Å². The molecule has 0 amide bonds. The molecule has 0 spiro atoms. The van der Waals surface area contributed by atoms with Crippen LogP contribution in [0.1, 0.15) is 19.4 Å². The normalized spacial score (nSPS) is 10.8. The number of halogens is 1. The third kappa shape index (κ3) is 1.75. The lowest BCUT2D eigenvalue weighted by Crippen LogP contribution is -2.13. The first kappa shape index (κ1) is 9.02. The monoisotopic (exact) mass is 180 g/mol. The second-order valence-corrected chi connectivity index (χ2v) is 3.57. The predicted octanol–water partition coefficient (Wildman–Crippen LogP) is 2.54. The van der Waals surface area contributed by atoms with Gasteiger partial charge in [0, 0.05) is 12.4 Å². The van der Waals surface area contributed by atoms with Gasteiger partial charge in [-0.25, -0.2) is 0 Å². The van der Waals surface area contributed by atoms with Crippen molar-refractivity contribution in [3.05, 3.63) is 29.0 Å². The smallest absolute Gasteiger partial charge is 0.0781 e. The third-order valence-electron chi connectivity index (χ3n) is 1.71. The molecule has 1 heterocycles. The van der Waals surface area contributed by atoms with Crippen molar-refractivity contribution in [3.8, 4) is 6.07 Å². The van der Waals surface area contributed by atoms with Crippen LogP contribution in [0.2, 0.25) is 5.02 Å². The molecule has 1 aromatic heterocycles. The molecule has 0 saturated heterocycles. The number of rotatable bonds is 1. The molecule has 1 rings (SSSR count). The van der Waals surface area contributed by atoms with Gasteiger partial charge in [-0.3, -0.25) is 4.98 Å². The van der Waals surface area contributed by atoms with E-state index in [0.29, 0.717) is 5.02 Å². The van der Waals surface area contributed by atoms with Crippen LogP contribution in [0.4, 0.5) is 0 Å². The highest BCUT2D eigenvalue weighted by Crippen LogP contribution is 2.23. The molecule has 0 saturated carbocycles. The summed E-state index contributed by atoms with van der Waals surface area (Å²) < 4.78 is 0. The predicted molar refractivity (Wildman–Crippen MR) is 47.9 cm³/mol. The Hall–Kier alpha value is -1.07. The molecule has 1 aromatic rings. The fraction of sp³-hybridized carbons (Fsp3) is 0.333. The SMILES string of the molecule is CC(C)(C#N)c1cncc(Cl)c1. The molecule has 0 radical (unpaired) electrons. The topological polar surface area (TPSA) is 36.7 Å². The molecule has 0 aliphatic rings. The molecule has 0 aliphatic heterocycles. The summed E-state index contributed by atoms with van der Waals surface area (Å²) in [6.07, 6.45) is 3.22. The van der Waals surface area contributed by atoms with Crippen LogP contribution in [-0.4, -0.2) is 4.98 Å². The van der Waals surface area contributed by atoms with E-state index < -0.39 is 5.41 Å². The van der Waals surface area contributed by atoms with E-state index in [9.17, 15) is 0 Å². The molecule has 62 valence electrons. The van der Waals surface area contributed by atoms with Crippen LogP contribution in [0.15, 0.2) is 18.5 Å². The summed E-state index contributed by atoms with van der Waals surface area (Å²) in [6.45, 7) is 3.67. The minimum Gasteiger partial charge on any atom is -0.263 e. The second kappa shape index (κ2) is 3.12. The molecule has 2 nitrogen and oxygen atoms in total. The summed E-state index contributed by atoms with van der Waals surface area (Å²) in [5, 5.41) is 9.38. The first-order valence-corrected chi connectivity index (χ1v) is 3.96. The number of aromatic nitrogens is 1. The summed E-state index contributed by atoms with van der Waals surface area (Å²) in [5.41, 5.74) is 0.329. The van der Waals surface area contributed by atoms with E-state index in [0.717, 1.165) is 5.56 Å². The van der Waals surface area contributed by atoms with Gasteiger partial charge in [0.05, 0.1) is 16.5 Å². The van der Waals surface area contributed by atoms with Gasteiger partial charge in [-0.15, -0.1) is 0 Å². The van der Waals surface area contributed by atoms with E-state index in [1.54, 1.807) is 18.5 Å². The van der Waals surface area contributed by atoms with Crippen molar-refractivity contribution in [2.75, 3.05) is 0 Å². The van der Waals surface area contributed by atoms with Gasteiger partial charge in [-0.1, -0.05) is 11.6 Å². The quantitative estimate of drug-likeness (QED) is 0.666. The van der Waals surface area contributed by atoms with E-state index >= 15 is 0 Å². The Morgan fingerprint density at radius 3 is 2.67 bits per heavy atom. The van der Waals surface area contributed by atoms with Gasteiger partial charge in [-0.2, -0.15) is 5.26 Å². The van der Waals surface area contributed by atoms with Crippen LogP contribution in [0.5, 0.6) is 0 Å². The molecule has 0 fully saturated rings. The van der Waals surface area contributed by atoms with Crippen molar-refractivity contribution < 1.29 is 0 Å².